The van der Waals surface area contributed by atoms with Gasteiger partial charge in [0.1, 0.15) is 22.8 Å². The minimum absolute atomic E-state index is 0. The maximum Gasteiger partial charge on any atom is 0.255 e. The van der Waals surface area contributed by atoms with Crippen molar-refractivity contribution in [1.29, 1.82) is 0 Å². The Labute approximate surface area is 214 Å². The van der Waals surface area contributed by atoms with Crippen molar-refractivity contribution < 1.29 is 34.8 Å². The summed E-state index contributed by atoms with van der Waals surface area (Å²) in [6.07, 6.45) is 0.324. The van der Waals surface area contributed by atoms with E-state index in [1.54, 1.807) is 20.2 Å². The summed E-state index contributed by atoms with van der Waals surface area (Å²) in [7, 11) is 6.75. The average molecular weight is 530 g/mol. The zero-order valence-corrected chi connectivity index (χ0v) is 21.2. The van der Waals surface area contributed by atoms with Crippen molar-refractivity contribution in [3.8, 4) is 5.75 Å². The van der Waals surface area contributed by atoms with Crippen molar-refractivity contribution in [2.75, 3.05) is 33.1 Å². The lowest BCUT2D eigenvalue weighted by atomic mass is 9.57. The van der Waals surface area contributed by atoms with Crippen molar-refractivity contribution >= 4 is 53.7 Å². The third kappa shape index (κ3) is 3.76. The van der Waals surface area contributed by atoms with Gasteiger partial charge in [-0.3, -0.25) is 19.3 Å². The number of anilines is 1. The highest BCUT2D eigenvalue weighted by atomic mass is 35.5. The van der Waals surface area contributed by atoms with E-state index in [1.807, 2.05) is 19.0 Å². The number of aliphatic hydroxyl groups is 3. The van der Waals surface area contributed by atoms with E-state index in [-0.39, 0.29) is 54.5 Å². The quantitative estimate of drug-likeness (QED) is 0.357. The number of rotatable bonds is 3. The van der Waals surface area contributed by atoms with Crippen molar-refractivity contribution in [3.63, 3.8) is 0 Å². The lowest BCUT2D eigenvalue weighted by Gasteiger charge is -2.50. The number of aromatic hydroxyl groups is 1. The fraction of sp³-hybridized carbons (Fsp3) is 0.435. The molecule has 35 heavy (non-hydrogen) atoms. The number of phenolic OH excluding ortho intramolecular Hbond substituents is 1. The topological polar surface area (TPSA) is 165 Å². The van der Waals surface area contributed by atoms with Gasteiger partial charge in [-0.25, -0.2) is 0 Å². The van der Waals surface area contributed by atoms with Crippen molar-refractivity contribution in [1.82, 2.24) is 4.90 Å². The largest absolute Gasteiger partial charge is 0.508 e. The summed E-state index contributed by atoms with van der Waals surface area (Å²) in [5.41, 5.74) is 3.15. The number of hydrogen-bond donors (Lipinski definition) is 5. The summed E-state index contributed by atoms with van der Waals surface area (Å²) < 4.78 is 0. The Morgan fingerprint density at radius 1 is 1.09 bits per heavy atom. The molecule has 0 heterocycles. The molecule has 4 rings (SSSR count). The number of nitrogens with two attached hydrogens (primary N) is 1. The number of Topliss-reactive ketones (excluding diaryl/α,β-unsaturated/α-hetero) is 2. The molecule has 0 aromatic heterocycles. The molecular formula is C23H29Cl2N3O7. The Balaban J connectivity index is 0.00000216. The summed E-state index contributed by atoms with van der Waals surface area (Å²) in [6.45, 7) is 0. The fourth-order valence-corrected chi connectivity index (χ4v) is 5.65. The molecule has 0 spiro atoms. The number of carbonyl (C=O) groups excluding carboxylic acids is 3. The van der Waals surface area contributed by atoms with E-state index in [4.69, 9.17) is 5.73 Å². The normalized spacial score (nSPS) is 27.4. The van der Waals surface area contributed by atoms with E-state index in [0.717, 1.165) is 5.69 Å². The molecule has 1 aromatic carbocycles. The molecular weight excluding hydrogens is 501 g/mol. The Bertz CT molecular complexity index is 1180. The summed E-state index contributed by atoms with van der Waals surface area (Å²) in [5.74, 6) is -6.54. The fourth-order valence-electron chi connectivity index (χ4n) is 5.65. The van der Waals surface area contributed by atoms with Crippen molar-refractivity contribution in [2.24, 2.45) is 17.6 Å². The van der Waals surface area contributed by atoms with Gasteiger partial charge in [-0.1, -0.05) is 0 Å². The molecule has 4 atom stereocenters. The van der Waals surface area contributed by atoms with Crippen LogP contribution in [0.15, 0.2) is 29.0 Å². The first-order chi connectivity index (χ1) is 15.3. The summed E-state index contributed by atoms with van der Waals surface area (Å²) in [5, 5.41) is 43.9. The van der Waals surface area contributed by atoms with Crippen LogP contribution in [0.5, 0.6) is 5.75 Å². The molecule has 192 valence electrons. The van der Waals surface area contributed by atoms with E-state index in [2.05, 4.69) is 0 Å². The lowest BCUT2D eigenvalue weighted by molar-refractivity contribution is -0.153. The first-order valence-corrected chi connectivity index (χ1v) is 10.5. The third-order valence-electron chi connectivity index (χ3n) is 7.06. The van der Waals surface area contributed by atoms with Gasteiger partial charge in [-0.05, 0) is 50.6 Å². The molecule has 0 saturated heterocycles. The number of halogens is 2. The van der Waals surface area contributed by atoms with Gasteiger partial charge in [0.2, 0.25) is 5.78 Å². The first-order valence-electron chi connectivity index (χ1n) is 10.5. The number of aliphatic hydroxyl groups excluding tert-OH is 2. The number of phenols is 1. The molecule has 1 saturated carbocycles. The van der Waals surface area contributed by atoms with Crippen molar-refractivity contribution in [2.45, 2.75) is 24.5 Å². The molecule has 3 aliphatic rings. The standard InChI is InChI=1S/C23H27N3O7.2ClH/c1-25(2)12-5-6-13(27)15-10(12)7-9-8-11-17(26(3)4)19(29)16(22(24)32)21(31)23(11,33)20(30)14(9)18(15)28;;/h5-6,9,11,17,27-28,31,33H,7-8H2,1-4H3,(H2,24,32);2*1H/t9-,11-,17+,23+;;/m1../s1. The zero-order chi connectivity index (χ0) is 24.6. The number of nitrogens with zero attached hydrogens (tertiary/aromatic N) is 2. The van der Waals surface area contributed by atoms with Gasteiger partial charge in [0, 0.05) is 31.3 Å². The second kappa shape index (κ2) is 9.34. The molecule has 12 heteroatoms. The Kier molecular flexibility index (Phi) is 7.60. The van der Waals surface area contributed by atoms with Crippen LogP contribution in [0.4, 0.5) is 5.69 Å². The zero-order valence-electron chi connectivity index (χ0n) is 19.6. The molecule has 1 fully saturated rings. The average Bonchev–Trinajstić information content (AvgIpc) is 2.70. The minimum Gasteiger partial charge on any atom is -0.508 e. The molecule has 1 aromatic rings. The highest BCUT2D eigenvalue weighted by molar-refractivity contribution is 6.24. The molecule has 10 nitrogen and oxygen atoms in total. The number of amides is 1. The number of hydrogen-bond acceptors (Lipinski definition) is 9. The van der Waals surface area contributed by atoms with Crippen LogP contribution in [0.3, 0.4) is 0 Å². The first kappa shape index (κ1) is 28.4. The predicted molar refractivity (Wildman–Crippen MR) is 133 cm³/mol. The monoisotopic (exact) mass is 529 g/mol. The summed E-state index contributed by atoms with van der Waals surface area (Å²) in [6, 6.07) is 2.01. The molecule has 1 amide bonds. The van der Waals surface area contributed by atoms with Crippen LogP contribution in [-0.4, -0.2) is 82.6 Å². The van der Waals surface area contributed by atoms with Gasteiger partial charge in [0.05, 0.1) is 11.6 Å². The molecule has 0 unspecified atom stereocenters. The van der Waals surface area contributed by atoms with Crippen LogP contribution in [-0.2, 0) is 20.8 Å². The Morgan fingerprint density at radius 2 is 1.69 bits per heavy atom. The highest BCUT2D eigenvalue weighted by Crippen LogP contribution is 2.53. The van der Waals surface area contributed by atoms with Gasteiger partial charge in [0.25, 0.3) is 5.91 Å². The lowest BCUT2D eigenvalue weighted by Crippen LogP contribution is -2.65. The maximum absolute atomic E-state index is 13.7. The molecule has 3 aliphatic carbocycles. The number of primary amides is 1. The van der Waals surface area contributed by atoms with E-state index in [9.17, 15) is 34.8 Å². The van der Waals surface area contributed by atoms with E-state index in [0.29, 0.717) is 5.56 Å². The van der Waals surface area contributed by atoms with Crippen molar-refractivity contribution in [3.05, 3.63) is 40.2 Å². The van der Waals surface area contributed by atoms with E-state index in [1.165, 1.54) is 11.0 Å². The van der Waals surface area contributed by atoms with Crippen LogP contribution >= 0.6 is 24.8 Å². The van der Waals surface area contributed by atoms with Crippen LogP contribution < -0.4 is 10.6 Å². The number of likely N-dealkylation sites (N-methyl/N-ethyl adjacent to an activating group) is 1. The Hall–Kier alpha value is -2.79. The number of fused-ring (bicyclic) bond motifs is 3. The third-order valence-corrected chi connectivity index (χ3v) is 7.06. The van der Waals surface area contributed by atoms with Gasteiger partial charge < -0.3 is 31.1 Å². The number of benzene rings is 1. The van der Waals surface area contributed by atoms with E-state index >= 15 is 0 Å². The van der Waals surface area contributed by atoms with Crippen LogP contribution in [0.2, 0.25) is 0 Å². The van der Waals surface area contributed by atoms with Crippen LogP contribution in [0.25, 0.3) is 5.76 Å². The molecule has 0 radical (unpaired) electrons. The summed E-state index contributed by atoms with van der Waals surface area (Å²) >= 11 is 0. The number of ketones is 2. The molecule has 0 bridgehead atoms. The molecule has 0 aliphatic heterocycles. The smallest absolute Gasteiger partial charge is 0.255 e. The maximum atomic E-state index is 13.7. The minimum atomic E-state index is -2.63. The second-order valence-corrected chi connectivity index (χ2v) is 9.31. The SMILES string of the molecule is CN(C)c1ccc(O)c2c1C[C@@H]1C[C@@H]3[C@H](N(C)C)C(=O)C(C(N)=O)=C(O)[C@@]3(O)C(=O)C1=C2O.Cl.Cl. The van der Waals surface area contributed by atoms with Gasteiger partial charge in [-0.15, -0.1) is 24.8 Å². The summed E-state index contributed by atoms with van der Waals surface area (Å²) in [4.78, 5) is 42.0. The van der Waals surface area contributed by atoms with Gasteiger partial charge in [0.15, 0.2) is 11.4 Å². The predicted octanol–water partition coefficient (Wildman–Crippen LogP) is 0.874. The van der Waals surface area contributed by atoms with Gasteiger partial charge >= 0.3 is 0 Å². The van der Waals surface area contributed by atoms with Crippen LogP contribution in [0, 0.1) is 11.8 Å². The Morgan fingerprint density at radius 3 is 2.20 bits per heavy atom. The number of carbonyl (C=O) groups is 3. The van der Waals surface area contributed by atoms with E-state index < -0.39 is 58.0 Å². The van der Waals surface area contributed by atoms with Crippen LogP contribution in [0.1, 0.15) is 17.5 Å². The second-order valence-electron chi connectivity index (χ2n) is 9.31. The highest BCUT2D eigenvalue weighted by Gasteiger charge is 2.64. The molecule has 6 N–H and O–H groups in total. The van der Waals surface area contributed by atoms with Gasteiger partial charge in [-0.2, -0.15) is 0 Å².